The highest BCUT2D eigenvalue weighted by Crippen LogP contribution is 2.18. The second-order valence-electron chi connectivity index (χ2n) is 6.97. The second kappa shape index (κ2) is 8.42. The van der Waals surface area contributed by atoms with E-state index in [0.717, 1.165) is 78.2 Å². The van der Waals surface area contributed by atoms with E-state index < -0.39 is 0 Å². The van der Waals surface area contributed by atoms with Gasteiger partial charge in [0.1, 0.15) is 0 Å². The molecule has 0 saturated carbocycles. The molecule has 0 radical (unpaired) electrons. The molecule has 2 atom stereocenters. The molecule has 0 N–H and O–H groups in total. The van der Waals surface area contributed by atoms with Crippen LogP contribution >= 0.6 is 0 Å². The Hall–Kier alpha value is -0.690. The van der Waals surface area contributed by atoms with E-state index in [0.29, 0.717) is 5.91 Å². The molecule has 0 aromatic carbocycles. The van der Waals surface area contributed by atoms with Crippen molar-refractivity contribution < 1.29 is 14.3 Å². The van der Waals surface area contributed by atoms with Crippen LogP contribution in [-0.2, 0) is 14.3 Å². The minimum absolute atomic E-state index is 0.00419. The number of rotatable bonds is 5. The Balaban J connectivity index is 1.32. The predicted octanol–water partition coefficient (Wildman–Crippen LogP) is 0.768. The molecule has 3 heterocycles. The number of carbonyl (C=O) groups excluding carboxylic acids is 1. The summed E-state index contributed by atoms with van der Waals surface area (Å²) in [6.45, 7) is 7.16. The molecule has 0 spiro atoms. The third-order valence-corrected chi connectivity index (χ3v) is 5.34. The molecule has 1 amide bonds. The van der Waals surface area contributed by atoms with Crippen LogP contribution in [0.2, 0.25) is 0 Å². The van der Waals surface area contributed by atoms with Crippen LogP contribution in [0.5, 0.6) is 0 Å². The Labute approximate surface area is 139 Å². The van der Waals surface area contributed by atoms with Crippen LogP contribution in [0.15, 0.2) is 0 Å². The highest BCUT2D eigenvalue weighted by atomic mass is 16.7. The van der Waals surface area contributed by atoms with Crippen LogP contribution in [0.25, 0.3) is 0 Å². The molecule has 0 aliphatic carbocycles. The Morgan fingerprint density at radius 1 is 1.09 bits per heavy atom. The zero-order valence-electron chi connectivity index (χ0n) is 14.4. The van der Waals surface area contributed by atoms with E-state index in [1.54, 1.807) is 0 Å². The number of carbonyl (C=O) groups is 1. The Morgan fingerprint density at radius 3 is 2.57 bits per heavy atom. The number of likely N-dealkylation sites (tertiary alicyclic amines) is 1. The fourth-order valence-electron chi connectivity index (χ4n) is 3.78. The van der Waals surface area contributed by atoms with Gasteiger partial charge in [-0.3, -0.25) is 14.6 Å². The standard InChI is InChI=1S/C17H31N3O3/c1-18-7-4-5-15(18)17(21)20-10-8-19(9-11-20)12-14-23-16-6-2-3-13-22-16/h15-16H,2-14H2,1H3/t15-,16-/m1/s1. The molecule has 0 aromatic rings. The second-order valence-corrected chi connectivity index (χ2v) is 6.97. The van der Waals surface area contributed by atoms with Gasteiger partial charge in [-0.05, 0) is 45.7 Å². The van der Waals surface area contributed by atoms with Crippen molar-refractivity contribution in [3.8, 4) is 0 Å². The summed E-state index contributed by atoms with van der Waals surface area (Å²) >= 11 is 0. The maximum Gasteiger partial charge on any atom is 0.240 e. The van der Waals surface area contributed by atoms with Gasteiger partial charge in [0.15, 0.2) is 6.29 Å². The summed E-state index contributed by atoms with van der Waals surface area (Å²) < 4.78 is 11.4. The van der Waals surface area contributed by atoms with Gasteiger partial charge in [0.2, 0.25) is 5.91 Å². The van der Waals surface area contributed by atoms with Gasteiger partial charge in [0.25, 0.3) is 0 Å². The molecule has 0 bridgehead atoms. The van der Waals surface area contributed by atoms with E-state index >= 15 is 0 Å². The topological polar surface area (TPSA) is 45.3 Å². The zero-order chi connectivity index (χ0) is 16.1. The maximum absolute atomic E-state index is 12.6. The third-order valence-electron chi connectivity index (χ3n) is 5.34. The maximum atomic E-state index is 12.6. The Kier molecular flexibility index (Phi) is 6.28. The van der Waals surface area contributed by atoms with Crippen LogP contribution in [0, 0.1) is 0 Å². The van der Waals surface area contributed by atoms with Crippen LogP contribution in [0.1, 0.15) is 32.1 Å². The summed E-state index contributed by atoms with van der Waals surface area (Å²) in [4.78, 5) is 19.2. The molecular weight excluding hydrogens is 294 g/mol. The van der Waals surface area contributed by atoms with E-state index in [1.807, 2.05) is 4.90 Å². The van der Waals surface area contributed by atoms with Crippen LogP contribution < -0.4 is 0 Å². The largest absolute Gasteiger partial charge is 0.353 e. The molecule has 0 aromatic heterocycles. The zero-order valence-corrected chi connectivity index (χ0v) is 14.4. The minimum atomic E-state index is 0.00419. The smallest absolute Gasteiger partial charge is 0.240 e. The van der Waals surface area contributed by atoms with Gasteiger partial charge < -0.3 is 14.4 Å². The highest BCUT2D eigenvalue weighted by molar-refractivity contribution is 5.82. The molecule has 3 aliphatic rings. The van der Waals surface area contributed by atoms with Crippen molar-refractivity contribution in [2.45, 2.75) is 44.4 Å². The van der Waals surface area contributed by atoms with Crippen molar-refractivity contribution in [1.29, 1.82) is 0 Å². The number of ether oxygens (including phenoxy) is 2. The lowest BCUT2D eigenvalue weighted by atomic mass is 10.1. The first kappa shape index (κ1) is 17.1. The van der Waals surface area contributed by atoms with E-state index in [1.165, 1.54) is 6.42 Å². The first-order valence-electron chi connectivity index (χ1n) is 9.18. The fourth-order valence-corrected chi connectivity index (χ4v) is 3.78. The Bertz CT molecular complexity index is 379. The predicted molar refractivity (Wildman–Crippen MR) is 88.2 cm³/mol. The molecule has 3 aliphatic heterocycles. The van der Waals surface area contributed by atoms with E-state index in [2.05, 4.69) is 16.8 Å². The average Bonchev–Trinajstić information content (AvgIpc) is 3.02. The minimum Gasteiger partial charge on any atom is -0.353 e. The number of likely N-dealkylation sites (N-methyl/N-ethyl adjacent to an activating group) is 1. The summed E-state index contributed by atoms with van der Waals surface area (Å²) in [5, 5.41) is 0. The molecule has 0 unspecified atom stereocenters. The lowest BCUT2D eigenvalue weighted by molar-refractivity contribution is -0.164. The summed E-state index contributed by atoms with van der Waals surface area (Å²) in [5.41, 5.74) is 0. The number of piperazine rings is 1. The van der Waals surface area contributed by atoms with Crippen molar-refractivity contribution in [1.82, 2.24) is 14.7 Å². The van der Waals surface area contributed by atoms with Crippen molar-refractivity contribution in [3.63, 3.8) is 0 Å². The van der Waals surface area contributed by atoms with Gasteiger partial charge in [-0.15, -0.1) is 0 Å². The summed E-state index contributed by atoms with van der Waals surface area (Å²) in [5.74, 6) is 0.330. The van der Waals surface area contributed by atoms with Gasteiger partial charge in [-0.2, -0.15) is 0 Å². The van der Waals surface area contributed by atoms with Crippen molar-refractivity contribution in [3.05, 3.63) is 0 Å². The summed E-state index contributed by atoms with van der Waals surface area (Å²) in [6.07, 6.45) is 5.56. The third kappa shape index (κ3) is 4.66. The highest BCUT2D eigenvalue weighted by Gasteiger charge is 2.32. The molecule has 3 rings (SSSR count). The molecule has 3 saturated heterocycles. The first-order valence-corrected chi connectivity index (χ1v) is 9.18. The molecule has 6 heteroatoms. The van der Waals surface area contributed by atoms with Crippen LogP contribution in [-0.4, -0.2) is 92.5 Å². The molecular formula is C17H31N3O3. The average molecular weight is 325 g/mol. The number of amides is 1. The first-order chi connectivity index (χ1) is 11.2. The van der Waals surface area contributed by atoms with Crippen molar-refractivity contribution in [2.24, 2.45) is 0 Å². The quantitative estimate of drug-likeness (QED) is 0.747. The number of hydrogen-bond donors (Lipinski definition) is 0. The van der Waals surface area contributed by atoms with Crippen molar-refractivity contribution >= 4 is 5.91 Å². The fraction of sp³-hybridized carbons (Fsp3) is 0.941. The summed E-state index contributed by atoms with van der Waals surface area (Å²) in [7, 11) is 2.07. The van der Waals surface area contributed by atoms with Crippen LogP contribution in [0.4, 0.5) is 0 Å². The van der Waals surface area contributed by atoms with Gasteiger partial charge in [0.05, 0.1) is 12.6 Å². The molecule has 6 nitrogen and oxygen atoms in total. The lowest BCUT2D eigenvalue weighted by Crippen LogP contribution is -2.53. The van der Waals surface area contributed by atoms with E-state index in [9.17, 15) is 4.79 Å². The normalized spacial score (nSPS) is 30.7. The van der Waals surface area contributed by atoms with Gasteiger partial charge in [0, 0.05) is 39.3 Å². The van der Waals surface area contributed by atoms with Crippen LogP contribution in [0.3, 0.4) is 0 Å². The van der Waals surface area contributed by atoms with Gasteiger partial charge in [-0.1, -0.05) is 0 Å². The van der Waals surface area contributed by atoms with E-state index in [-0.39, 0.29) is 12.3 Å². The molecule has 132 valence electrons. The number of nitrogens with zero attached hydrogens (tertiary/aromatic N) is 3. The molecule has 23 heavy (non-hydrogen) atoms. The van der Waals surface area contributed by atoms with Crippen molar-refractivity contribution in [2.75, 3.05) is 59.5 Å². The summed E-state index contributed by atoms with van der Waals surface area (Å²) in [6, 6.07) is 0.119. The number of hydrogen-bond acceptors (Lipinski definition) is 5. The monoisotopic (exact) mass is 325 g/mol. The van der Waals surface area contributed by atoms with Gasteiger partial charge >= 0.3 is 0 Å². The van der Waals surface area contributed by atoms with Gasteiger partial charge in [-0.25, -0.2) is 0 Å². The Morgan fingerprint density at radius 2 is 1.91 bits per heavy atom. The lowest BCUT2D eigenvalue weighted by Gasteiger charge is -2.37. The molecule has 3 fully saturated rings. The SMILES string of the molecule is CN1CCC[C@@H]1C(=O)N1CCN(CCO[C@@H]2CCCCO2)CC1. The van der Waals surface area contributed by atoms with E-state index in [4.69, 9.17) is 9.47 Å².